The molecule has 1 aliphatic rings. The molecule has 1 atom stereocenters. The maximum absolute atomic E-state index is 12.6. The molecular formula is C22H29N5O3S. The molecule has 3 aromatic rings. The van der Waals surface area contributed by atoms with Crippen LogP contribution >= 0.6 is 11.3 Å². The molecule has 9 heteroatoms. The van der Waals surface area contributed by atoms with E-state index < -0.39 is 0 Å². The third-order valence-electron chi connectivity index (χ3n) is 5.45. The second-order valence-electron chi connectivity index (χ2n) is 7.59. The van der Waals surface area contributed by atoms with E-state index in [4.69, 9.17) is 19.6 Å². The van der Waals surface area contributed by atoms with Gasteiger partial charge >= 0.3 is 0 Å². The topological polar surface area (TPSA) is 81.0 Å². The van der Waals surface area contributed by atoms with Crippen LogP contribution in [0.5, 0.6) is 5.75 Å². The lowest BCUT2D eigenvalue weighted by molar-refractivity contribution is -0.125. The van der Waals surface area contributed by atoms with Gasteiger partial charge in [0.15, 0.2) is 0 Å². The number of hydrogen-bond donors (Lipinski definition) is 1. The minimum Gasteiger partial charge on any atom is -0.497 e. The van der Waals surface area contributed by atoms with E-state index in [0.29, 0.717) is 26.3 Å². The van der Waals surface area contributed by atoms with Crippen molar-refractivity contribution in [2.24, 2.45) is 5.92 Å². The van der Waals surface area contributed by atoms with Crippen molar-refractivity contribution >= 4 is 27.3 Å². The lowest BCUT2D eigenvalue weighted by Gasteiger charge is -2.31. The SMILES string of the molecule is CCOCCCNC(=O)C1CCCN(c2nn3cc(-c4ccc(OC)cc4)nc3s2)C1. The van der Waals surface area contributed by atoms with Crippen molar-refractivity contribution in [1.29, 1.82) is 0 Å². The first-order valence-corrected chi connectivity index (χ1v) is 11.6. The van der Waals surface area contributed by atoms with Gasteiger partial charge in [-0.05, 0) is 50.5 Å². The minimum atomic E-state index is -0.00748. The zero-order chi connectivity index (χ0) is 21.6. The number of ether oxygens (including phenoxy) is 2. The van der Waals surface area contributed by atoms with Crippen molar-refractivity contribution in [2.45, 2.75) is 26.2 Å². The highest BCUT2D eigenvalue weighted by atomic mass is 32.1. The Morgan fingerprint density at radius 3 is 2.90 bits per heavy atom. The minimum absolute atomic E-state index is 0.00748. The Morgan fingerprint density at radius 1 is 1.32 bits per heavy atom. The van der Waals surface area contributed by atoms with Gasteiger partial charge in [-0.15, -0.1) is 5.10 Å². The lowest BCUT2D eigenvalue weighted by atomic mass is 9.97. The van der Waals surface area contributed by atoms with Crippen LogP contribution in [-0.4, -0.2) is 60.5 Å². The van der Waals surface area contributed by atoms with E-state index in [1.54, 1.807) is 18.4 Å². The van der Waals surface area contributed by atoms with Crippen molar-refractivity contribution in [2.75, 3.05) is 44.9 Å². The van der Waals surface area contributed by atoms with Crippen LogP contribution in [0, 0.1) is 5.92 Å². The van der Waals surface area contributed by atoms with Gasteiger partial charge in [0.2, 0.25) is 16.0 Å². The maximum Gasteiger partial charge on any atom is 0.224 e. The highest BCUT2D eigenvalue weighted by molar-refractivity contribution is 7.20. The van der Waals surface area contributed by atoms with Crippen molar-refractivity contribution < 1.29 is 14.3 Å². The summed E-state index contributed by atoms with van der Waals surface area (Å²) >= 11 is 1.56. The van der Waals surface area contributed by atoms with E-state index in [0.717, 1.165) is 52.9 Å². The van der Waals surface area contributed by atoms with Crippen LogP contribution in [0.3, 0.4) is 0 Å². The number of carbonyl (C=O) groups excluding carboxylic acids is 1. The van der Waals surface area contributed by atoms with Gasteiger partial charge in [-0.2, -0.15) is 0 Å². The van der Waals surface area contributed by atoms with Gasteiger partial charge in [-0.25, -0.2) is 9.50 Å². The average molecular weight is 444 g/mol. The molecule has 0 aliphatic carbocycles. The molecule has 1 fully saturated rings. The maximum atomic E-state index is 12.6. The standard InChI is InChI=1S/C22H29N5O3S/c1-3-30-13-5-11-23-20(28)17-6-4-12-26(14-17)22-25-27-15-19(24-21(27)31-22)16-7-9-18(29-2)10-8-16/h7-10,15,17H,3-6,11-14H2,1-2H3,(H,23,28). The summed E-state index contributed by atoms with van der Waals surface area (Å²) in [4.78, 5) is 20.3. The van der Waals surface area contributed by atoms with Gasteiger partial charge in [0, 0.05) is 38.4 Å². The number of aromatic nitrogens is 3. The highest BCUT2D eigenvalue weighted by Gasteiger charge is 2.27. The molecular weight excluding hydrogens is 414 g/mol. The fourth-order valence-corrected chi connectivity index (χ4v) is 4.68. The van der Waals surface area contributed by atoms with E-state index in [9.17, 15) is 4.79 Å². The molecule has 31 heavy (non-hydrogen) atoms. The highest BCUT2D eigenvalue weighted by Crippen LogP contribution is 2.30. The Labute approximate surface area is 186 Å². The number of fused-ring (bicyclic) bond motifs is 1. The summed E-state index contributed by atoms with van der Waals surface area (Å²) in [6.07, 6.45) is 4.69. The zero-order valence-electron chi connectivity index (χ0n) is 18.0. The van der Waals surface area contributed by atoms with E-state index in [1.807, 2.05) is 41.9 Å². The molecule has 166 valence electrons. The number of carbonyl (C=O) groups is 1. The largest absolute Gasteiger partial charge is 0.497 e. The Balaban J connectivity index is 1.37. The molecule has 0 radical (unpaired) electrons. The lowest BCUT2D eigenvalue weighted by Crippen LogP contribution is -2.43. The molecule has 4 rings (SSSR count). The summed E-state index contributed by atoms with van der Waals surface area (Å²) in [7, 11) is 1.66. The molecule has 1 amide bonds. The summed E-state index contributed by atoms with van der Waals surface area (Å²) in [5.74, 6) is 0.944. The van der Waals surface area contributed by atoms with Crippen LogP contribution in [0.2, 0.25) is 0 Å². The van der Waals surface area contributed by atoms with Crippen LogP contribution in [0.4, 0.5) is 5.13 Å². The second kappa shape index (κ2) is 10.1. The summed E-state index contributed by atoms with van der Waals surface area (Å²) in [6.45, 7) is 5.64. The molecule has 8 nitrogen and oxygen atoms in total. The van der Waals surface area contributed by atoms with Gasteiger partial charge in [0.05, 0.1) is 24.9 Å². The summed E-state index contributed by atoms with van der Waals surface area (Å²) in [5.41, 5.74) is 1.91. The number of amides is 1. The molecule has 1 N–H and O–H groups in total. The molecule has 0 bridgehead atoms. The molecule has 2 aromatic heterocycles. The number of nitrogens with zero attached hydrogens (tertiary/aromatic N) is 4. The first-order chi connectivity index (χ1) is 15.2. The molecule has 1 unspecified atom stereocenters. The molecule has 1 aromatic carbocycles. The number of imidazole rings is 1. The number of methoxy groups -OCH3 is 1. The first-order valence-electron chi connectivity index (χ1n) is 10.8. The van der Waals surface area contributed by atoms with Gasteiger partial charge in [0.1, 0.15) is 5.75 Å². The zero-order valence-corrected chi connectivity index (χ0v) is 18.9. The number of anilines is 1. The second-order valence-corrected chi connectivity index (χ2v) is 8.53. The summed E-state index contributed by atoms with van der Waals surface area (Å²) in [5, 5.41) is 8.70. The number of piperidine rings is 1. The predicted octanol–water partition coefficient (Wildman–Crippen LogP) is 3.23. The fourth-order valence-electron chi connectivity index (χ4n) is 3.76. The normalized spacial score (nSPS) is 16.6. The molecule has 1 aliphatic heterocycles. The van der Waals surface area contributed by atoms with E-state index in [-0.39, 0.29) is 11.8 Å². The van der Waals surface area contributed by atoms with Crippen LogP contribution in [0.1, 0.15) is 26.2 Å². The Bertz CT molecular complexity index is 969. The third kappa shape index (κ3) is 5.16. The van der Waals surface area contributed by atoms with Crippen molar-refractivity contribution in [3.05, 3.63) is 30.5 Å². The van der Waals surface area contributed by atoms with Crippen molar-refractivity contribution in [3.63, 3.8) is 0 Å². The summed E-state index contributed by atoms with van der Waals surface area (Å²) < 4.78 is 12.4. The Kier molecular flexibility index (Phi) is 7.03. The van der Waals surface area contributed by atoms with Gasteiger partial charge in [-0.1, -0.05) is 11.3 Å². The van der Waals surface area contributed by atoms with Crippen LogP contribution in [-0.2, 0) is 9.53 Å². The number of hydrogen-bond acceptors (Lipinski definition) is 7. The molecule has 0 saturated carbocycles. The van der Waals surface area contributed by atoms with E-state index in [2.05, 4.69) is 10.2 Å². The van der Waals surface area contributed by atoms with Crippen LogP contribution < -0.4 is 15.0 Å². The number of rotatable bonds is 9. The fraction of sp³-hybridized carbons (Fsp3) is 0.500. The van der Waals surface area contributed by atoms with Crippen LogP contribution in [0.25, 0.3) is 16.2 Å². The van der Waals surface area contributed by atoms with E-state index >= 15 is 0 Å². The summed E-state index contributed by atoms with van der Waals surface area (Å²) in [6, 6.07) is 7.84. The number of benzene rings is 1. The van der Waals surface area contributed by atoms with Crippen LogP contribution in [0.15, 0.2) is 30.5 Å². The van der Waals surface area contributed by atoms with Gasteiger partial charge in [-0.3, -0.25) is 4.79 Å². The van der Waals surface area contributed by atoms with E-state index in [1.165, 1.54) is 0 Å². The average Bonchev–Trinajstić information content (AvgIpc) is 3.39. The predicted molar refractivity (Wildman–Crippen MR) is 122 cm³/mol. The number of nitrogens with one attached hydrogen (secondary N) is 1. The molecule has 3 heterocycles. The van der Waals surface area contributed by atoms with Crippen molar-refractivity contribution in [3.8, 4) is 17.0 Å². The molecule has 1 saturated heterocycles. The quantitative estimate of drug-likeness (QED) is 0.512. The van der Waals surface area contributed by atoms with Gasteiger partial charge < -0.3 is 19.7 Å². The first kappa shape index (κ1) is 21.6. The van der Waals surface area contributed by atoms with Gasteiger partial charge in [0.25, 0.3) is 0 Å². The third-order valence-corrected chi connectivity index (χ3v) is 6.43. The monoisotopic (exact) mass is 443 g/mol. The molecule has 0 spiro atoms. The Hall–Kier alpha value is -2.65. The smallest absolute Gasteiger partial charge is 0.224 e. The van der Waals surface area contributed by atoms with Crippen molar-refractivity contribution in [1.82, 2.24) is 19.9 Å². The Morgan fingerprint density at radius 2 is 2.16 bits per heavy atom.